The molecule has 0 bridgehead atoms. The van der Waals surface area contributed by atoms with Gasteiger partial charge in [0.15, 0.2) is 0 Å². The summed E-state index contributed by atoms with van der Waals surface area (Å²) in [5, 5.41) is 0. The highest BCUT2D eigenvalue weighted by Crippen LogP contribution is 2.22. The third-order valence-corrected chi connectivity index (χ3v) is 9.01. The normalized spacial score (nSPS) is 13.1. The molecule has 0 aliphatic carbocycles. The van der Waals surface area contributed by atoms with Crippen molar-refractivity contribution < 1.29 is 21.8 Å². The molecule has 0 saturated heterocycles. The van der Waals surface area contributed by atoms with Gasteiger partial charge in [-0.15, -0.1) is 11.6 Å². The summed E-state index contributed by atoms with van der Waals surface area (Å²) in [5.74, 6) is 0.545. The summed E-state index contributed by atoms with van der Waals surface area (Å²) in [4.78, 5) is 0. The van der Waals surface area contributed by atoms with Gasteiger partial charge in [0.25, 0.3) is 0 Å². The van der Waals surface area contributed by atoms with Crippen LogP contribution in [0.4, 0.5) is 0 Å². The minimum atomic E-state index is -2.71. The number of hydrogen-bond donors (Lipinski definition) is 0. The summed E-state index contributed by atoms with van der Waals surface area (Å²) < 4.78 is 27.2. The third-order valence-electron chi connectivity index (χ3n) is 2.32. The van der Waals surface area contributed by atoms with E-state index in [1.165, 1.54) is 0 Å². The van der Waals surface area contributed by atoms with Crippen LogP contribution in [0, 0.1) is 0 Å². The molecule has 0 atom stereocenters. The molecule has 8 heteroatoms. The van der Waals surface area contributed by atoms with Crippen molar-refractivity contribution in [3.8, 4) is 0 Å². The van der Waals surface area contributed by atoms with Gasteiger partial charge in [-0.25, -0.2) is 0 Å². The van der Waals surface area contributed by atoms with E-state index in [1.807, 2.05) is 0 Å². The minimum absolute atomic E-state index is 0.545. The van der Waals surface area contributed by atoms with Crippen LogP contribution in [-0.2, 0) is 21.8 Å². The molecule has 0 aromatic heterocycles. The molecule has 0 aliphatic rings. The summed E-state index contributed by atoms with van der Waals surface area (Å²) in [6.07, 6.45) is 0.771. The quantitative estimate of drug-likeness (QED) is 0.478. The second-order valence-electron chi connectivity index (χ2n) is 3.26. The monoisotopic (exact) mass is 288 g/mol. The lowest BCUT2D eigenvalue weighted by Crippen LogP contribution is -2.55. The van der Waals surface area contributed by atoms with E-state index in [-0.39, 0.29) is 0 Å². The van der Waals surface area contributed by atoms with Crippen molar-refractivity contribution in [1.29, 1.82) is 0 Å². The van der Waals surface area contributed by atoms with Gasteiger partial charge in [-0.05, 0) is 6.42 Å². The molecular formula is C8H21ClO5Si2. The van der Waals surface area contributed by atoms with Crippen LogP contribution in [0.1, 0.15) is 6.42 Å². The van der Waals surface area contributed by atoms with Crippen molar-refractivity contribution in [3.05, 3.63) is 0 Å². The highest BCUT2D eigenvalue weighted by atomic mass is 35.5. The minimum Gasteiger partial charge on any atom is -0.377 e. The number of hydrogen-bond acceptors (Lipinski definition) is 5. The topological polar surface area (TPSA) is 46.2 Å². The average molecular weight is 289 g/mol. The van der Waals surface area contributed by atoms with Crippen LogP contribution in [0.2, 0.25) is 12.6 Å². The van der Waals surface area contributed by atoms with Gasteiger partial charge in [-0.3, -0.25) is 0 Å². The molecule has 16 heavy (non-hydrogen) atoms. The summed E-state index contributed by atoms with van der Waals surface area (Å²) in [6.45, 7) is 1.80. The fourth-order valence-electron chi connectivity index (χ4n) is 1.15. The van der Waals surface area contributed by atoms with Crippen LogP contribution >= 0.6 is 11.6 Å². The van der Waals surface area contributed by atoms with Gasteiger partial charge in [0, 0.05) is 46.9 Å². The highest BCUT2D eigenvalue weighted by Gasteiger charge is 2.48. The van der Waals surface area contributed by atoms with Crippen LogP contribution in [-0.4, -0.2) is 51.9 Å². The van der Waals surface area contributed by atoms with E-state index in [1.54, 1.807) is 35.0 Å². The van der Waals surface area contributed by atoms with Crippen LogP contribution in [0.3, 0.4) is 0 Å². The van der Waals surface area contributed by atoms with Gasteiger partial charge in [0.2, 0.25) is 0 Å². The van der Waals surface area contributed by atoms with E-state index in [0.29, 0.717) is 11.9 Å². The number of alkyl halides is 1. The molecule has 0 aromatic rings. The van der Waals surface area contributed by atoms with Crippen LogP contribution in [0.5, 0.6) is 0 Å². The second-order valence-corrected chi connectivity index (χ2v) is 9.67. The SMILES string of the molecule is CO[Si](C)(OC)O[Si](CCCCl)(OC)OC. The standard InChI is InChI=1S/C8H21ClO5Si2/c1-10-15(5,11-2)14-16(12-3,13-4)8-6-7-9/h6-8H2,1-5H3. The first-order chi connectivity index (χ1) is 7.51. The molecule has 0 saturated carbocycles. The first-order valence-corrected chi connectivity index (χ1v) is 9.67. The number of rotatable bonds is 9. The summed E-state index contributed by atoms with van der Waals surface area (Å²) in [7, 11) is 0.891. The maximum absolute atomic E-state index is 5.85. The van der Waals surface area contributed by atoms with Gasteiger partial charge < -0.3 is 21.8 Å². The Labute approximate surface area is 105 Å². The molecular weight excluding hydrogens is 268 g/mol. The van der Waals surface area contributed by atoms with Gasteiger partial charge in [-0.1, -0.05) is 0 Å². The second kappa shape index (κ2) is 7.77. The maximum atomic E-state index is 5.85. The summed E-state index contributed by atoms with van der Waals surface area (Å²) >= 11 is 5.66. The molecule has 0 radical (unpaired) electrons. The number of halogens is 1. The molecule has 98 valence electrons. The summed E-state index contributed by atoms with van der Waals surface area (Å²) in [6, 6.07) is 0.652. The van der Waals surface area contributed by atoms with Crippen molar-refractivity contribution in [1.82, 2.24) is 0 Å². The molecule has 0 heterocycles. The Morgan fingerprint density at radius 2 is 1.44 bits per heavy atom. The van der Waals surface area contributed by atoms with Crippen LogP contribution in [0.25, 0.3) is 0 Å². The Morgan fingerprint density at radius 1 is 0.938 bits per heavy atom. The first-order valence-electron chi connectivity index (χ1n) is 4.98. The van der Waals surface area contributed by atoms with E-state index in [2.05, 4.69) is 0 Å². The zero-order valence-corrected chi connectivity index (χ0v) is 13.3. The van der Waals surface area contributed by atoms with Gasteiger partial charge in [0.1, 0.15) is 0 Å². The highest BCUT2D eigenvalue weighted by molar-refractivity contribution is 6.74. The van der Waals surface area contributed by atoms with E-state index in [4.69, 9.17) is 33.4 Å². The molecule has 0 spiro atoms. The fraction of sp³-hybridized carbons (Fsp3) is 1.00. The smallest absolute Gasteiger partial charge is 0.377 e. The Morgan fingerprint density at radius 3 is 1.75 bits per heavy atom. The van der Waals surface area contributed by atoms with Gasteiger partial charge >= 0.3 is 17.6 Å². The van der Waals surface area contributed by atoms with E-state index >= 15 is 0 Å². The largest absolute Gasteiger partial charge is 0.493 e. The van der Waals surface area contributed by atoms with E-state index < -0.39 is 17.6 Å². The van der Waals surface area contributed by atoms with Crippen LogP contribution < -0.4 is 0 Å². The van der Waals surface area contributed by atoms with Crippen molar-refractivity contribution in [3.63, 3.8) is 0 Å². The van der Waals surface area contributed by atoms with E-state index in [9.17, 15) is 0 Å². The van der Waals surface area contributed by atoms with Crippen molar-refractivity contribution >= 4 is 29.2 Å². The molecule has 0 unspecified atom stereocenters. The Kier molecular flexibility index (Phi) is 8.03. The first kappa shape index (κ1) is 16.5. The molecule has 0 N–H and O–H groups in total. The van der Waals surface area contributed by atoms with Crippen molar-refractivity contribution in [2.45, 2.75) is 19.0 Å². The maximum Gasteiger partial charge on any atom is 0.493 e. The van der Waals surface area contributed by atoms with E-state index in [0.717, 1.165) is 6.42 Å². The molecule has 0 rings (SSSR count). The zero-order chi connectivity index (χ0) is 12.7. The van der Waals surface area contributed by atoms with Crippen molar-refractivity contribution in [2.24, 2.45) is 0 Å². The predicted octanol–water partition coefficient (Wildman–Crippen LogP) is 1.73. The Balaban J connectivity index is 4.63. The lowest BCUT2D eigenvalue weighted by Gasteiger charge is -2.33. The lowest BCUT2D eigenvalue weighted by molar-refractivity contribution is 0.0913. The Hall–Kier alpha value is 0.524. The fourth-order valence-corrected chi connectivity index (χ4v) is 6.86. The predicted molar refractivity (Wildman–Crippen MR) is 66.6 cm³/mol. The molecule has 0 fully saturated rings. The van der Waals surface area contributed by atoms with Crippen molar-refractivity contribution in [2.75, 3.05) is 34.3 Å². The average Bonchev–Trinajstić information content (AvgIpc) is 2.34. The third kappa shape index (κ3) is 4.80. The molecule has 0 aliphatic heterocycles. The van der Waals surface area contributed by atoms with Gasteiger partial charge in [-0.2, -0.15) is 0 Å². The Bertz CT molecular complexity index is 187. The molecule has 0 amide bonds. The molecule has 5 nitrogen and oxygen atoms in total. The van der Waals surface area contributed by atoms with Crippen LogP contribution in [0.15, 0.2) is 0 Å². The summed E-state index contributed by atoms with van der Waals surface area (Å²) in [5.41, 5.74) is 0. The van der Waals surface area contributed by atoms with Gasteiger partial charge in [0.05, 0.1) is 0 Å². The lowest BCUT2D eigenvalue weighted by atomic mass is 10.6. The molecule has 0 aromatic carbocycles. The zero-order valence-electron chi connectivity index (χ0n) is 10.5.